The number of hydrogen-bond acceptors (Lipinski definition) is 6. The van der Waals surface area contributed by atoms with Crippen molar-refractivity contribution in [3.8, 4) is 0 Å². The molecule has 0 bridgehead atoms. The van der Waals surface area contributed by atoms with Crippen LogP contribution in [0.2, 0.25) is 0 Å². The molecule has 0 aromatic carbocycles. The van der Waals surface area contributed by atoms with Crippen molar-refractivity contribution >= 4 is 11.7 Å². The molecule has 2 aliphatic heterocycles. The van der Waals surface area contributed by atoms with Gasteiger partial charge in [0.2, 0.25) is 11.8 Å². The van der Waals surface area contributed by atoms with Crippen molar-refractivity contribution in [3.05, 3.63) is 36.1 Å². The van der Waals surface area contributed by atoms with Gasteiger partial charge in [0.05, 0.1) is 12.0 Å². The number of aromatic nitrogens is 3. The fourth-order valence-corrected chi connectivity index (χ4v) is 3.91. The van der Waals surface area contributed by atoms with Crippen LogP contribution in [0.4, 0.5) is 5.82 Å². The van der Waals surface area contributed by atoms with Gasteiger partial charge in [0.15, 0.2) is 5.82 Å². The van der Waals surface area contributed by atoms with Crippen molar-refractivity contribution in [3.63, 3.8) is 0 Å². The highest BCUT2D eigenvalue weighted by molar-refractivity contribution is 5.80. The molecule has 2 aliphatic rings. The number of hydrogen-bond donors (Lipinski definition) is 0. The Kier molecular flexibility index (Phi) is 4.38. The van der Waals surface area contributed by atoms with Gasteiger partial charge in [-0.05, 0) is 37.8 Å². The minimum absolute atomic E-state index is 0.00403. The zero-order valence-corrected chi connectivity index (χ0v) is 14.5. The maximum atomic E-state index is 13.2. The summed E-state index contributed by atoms with van der Waals surface area (Å²) in [4.78, 5) is 26.1. The molecule has 0 radical (unpaired) electrons. The molecule has 0 spiro atoms. The first kappa shape index (κ1) is 16.1. The lowest BCUT2D eigenvalue weighted by Crippen LogP contribution is -2.45. The second kappa shape index (κ2) is 6.82. The van der Waals surface area contributed by atoms with Crippen LogP contribution in [0.5, 0.6) is 0 Å². The molecule has 0 aliphatic carbocycles. The van der Waals surface area contributed by atoms with Crippen molar-refractivity contribution < 1.29 is 9.32 Å². The van der Waals surface area contributed by atoms with Crippen LogP contribution < -0.4 is 4.90 Å². The number of pyridine rings is 1. The Bertz CT molecular complexity index is 732. The van der Waals surface area contributed by atoms with Gasteiger partial charge in [0, 0.05) is 32.8 Å². The maximum Gasteiger partial charge on any atom is 0.228 e. The number of piperidine rings is 1. The molecule has 2 aromatic heterocycles. The summed E-state index contributed by atoms with van der Waals surface area (Å²) < 4.78 is 5.11. The standard InChI is InChI=1S/C18H23N5O2/c1-13-20-17(21-25-13)15-7-5-11-23(15)18(24)14-6-4-10-22(12-14)16-8-2-3-9-19-16/h2-3,8-9,14-15H,4-7,10-12H2,1H3/t14-,15+/m1/s1. The first-order valence-electron chi connectivity index (χ1n) is 8.99. The first-order valence-corrected chi connectivity index (χ1v) is 8.99. The van der Waals surface area contributed by atoms with Gasteiger partial charge in [-0.1, -0.05) is 11.2 Å². The minimum atomic E-state index is -0.0461. The number of anilines is 1. The van der Waals surface area contributed by atoms with Gasteiger partial charge in [-0.25, -0.2) is 4.98 Å². The topological polar surface area (TPSA) is 75.4 Å². The number of rotatable bonds is 3. The minimum Gasteiger partial charge on any atom is -0.356 e. The molecule has 2 atom stereocenters. The number of carbonyl (C=O) groups excluding carboxylic acids is 1. The molecule has 0 saturated carbocycles. The number of likely N-dealkylation sites (tertiary alicyclic amines) is 1. The average molecular weight is 341 g/mol. The molecule has 2 aromatic rings. The van der Waals surface area contributed by atoms with E-state index in [0.717, 1.165) is 51.1 Å². The SMILES string of the molecule is Cc1nc([C@@H]2CCCN2C(=O)[C@@H]2CCCN(c3ccccn3)C2)no1. The summed E-state index contributed by atoms with van der Waals surface area (Å²) >= 11 is 0. The molecule has 1 amide bonds. The predicted molar refractivity (Wildman–Crippen MR) is 91.9 cm³/mol. The summed E-state index contributed by atoms with van der Waals surface area (Å²) in [6, 6.07) is 5.86. The Morgan fingerprint density at radius 3 is 2.88 bits per heavy atom. The Balaban J connectivity index is 1.48. The molecule has 4 heterocycles. The highest BCUT2D eigenvalue weighted by atomic mass is 16.5. The summed E-state index contributed by atoms with van der Waals surface area (Å²) in [6.07, 6.45) is 5.63. The second-order valence-corrected chi connectivity index (χ2v) is 6.83. The molecular weight excluding hydrogens is 318 g/mol. The van der Waals surface area contributed by atoms with E-state index in [-0.39, 0.29) is 17.9 Å². The molecule has 7 heteroatoms. The largest absolute Gasteiger partial charge is 0.356 e. The van der Waals surface area contributed by atoms with E-state index in [1.54, 1.807) is 13.1 Å². The summed E-state index contributed by atoms with van der Waals surface area (Å²) in [5.74, 6) is 2.36. The van der Waals surface area contributed by atoms with Crippen LogP contribution in [0.3, 0.4) is 0 Å². The summed E-state index contributed by atoms with van der Waals surface area (Å²) in [7, 11) is 0. The van der Waals surface area contributed by atoms with Crippen molar-refractivity contribution in [2.24, 2.45) is 5.92 Å². The van der Waals surface area contributed by atoms with Crippen molar-refractivity contribution in [2.45, 2.75) is 38.6 Å². The smallest absolute Gasteiger partial charge is 0.228 e. The molecule has 132 valence electrons. The summed E-state index contributed by atoms with van der Waals surface area (Å²) in [5.41, 5.74) is 0. The number of nitrogens with zero attached hydrogens (tertiary/aromatic N) is 5. The average Bonchev–Trinajstić information content (AvgIpc) is 3.30. The zero-order valence-electron chi connectivity index (χ0n) is 14.5. The fourth-order valence-electron chi connectivity index (χ4n) is 3.91. The molecule has 25 heavy (non-hydrogen) atoms. The van der Waals surface area contributed by atoms with E-state index in [4.69, 9.17) is 4.52 Å². The van der Waals surface area contributed by atoms with Gasteiger partial charge < -0.3 is 14.3 Å². The number of carbonyl (C=O) groups is 1. The highest BCUT2D eigenvalue weighted by Crippen LogP contribution is 2.33. The quantitative estimate of drug-likeness (QED) is 0.853. The second-order valence-electron chi connectivity index (χ2n) is 6.83. The molecule has 2 saturated heterocycles. The van der Waals surface area contributed by atoms with E-state index in [1.165, 1.54) is 0 Å². The maximum absolute atomic E-state index is 13.2. The number of amides is 1. The van der Waals surface area contributed by atoms with Crippen molar-refractivity contribution in [2.75, 3.05) is 24.5 Å². The third kappa shape index (κ3) is 3.23. The summed E-state index contributed by atoms with van der Waals surface area (Å²) in [5, 5.41) is 4.04. The molecule has 7 nitrogen and oxygen atoms in total. The van der Waals surface area contributed by atoms with Crippen LogP contribution in [0.1, 0.15) is 43.4 Å². The van der Waals surface area contributed by atoms with Crippen molar-refractivity contribution in [1.29, 1.82) is 0 Å². The highest BCUT2D eigenvalue weighted by Gasteiger charge is 2.37. The Morgan fingerprint density at radius 2 is 2.12 bits per heavy atom. The van der Waals surface area contributed by atoms with E-state index in [1.807, 2.05) is 23.1 Å². The monoisotopic (exact) mass is 341 g/mol. The Labute approximate surface area is 147 Å². The van der Waals surface area contributed by atoms with Gasteiger partial charge in [-0.2, -0.15) is 4.98 Å². The van der Waals surface area contributed by atoms with Crippen LogP contribution >= 0.6 is 0 Å². The Hall–Kier alpha value is -2.44. The van der Waals surface area contributed by atoms with Gasteiger partial charge in [0.25, 0.3) is 0 Å². The molecule has 2 fully saturated rings. The fraction of sp³-hybridized carbons (Fsp3) is 0.556. The molecular formula is C18H23N5O2. The normalized spacial score (nSPS) is 23.9. The van der Waals surface area contributed by atoms with Gasteiger partial charge in [-0.3, -0.25) is 4.79 Å². The molecule has 0 N–H and O–H groups in total. The van der Waals surface area contributed by atoms with Crippen LogP contribution in [-0.4, -0.2) is 45.6 Å². The van der Waals surface area contributed by atoms with Crippen molar-refractivity contribution in [1.82, 2.24) is 20.0 Å². The van der Waals surface area contributed by atoms with Crippen LogP contribution in [0.15, 0.2) is 28.9 Å². The Morgan fingerprint density at radius 1 is 1.24 bits per heavy atom. The molecule has 4 rings (SSSR count). The molecule has 0 unspecified atom stereocenters. The van der Waals surface area contributed by atoms with Gasteiger partial charge in [0.1, 0.15) is 5.82 Å². The predicted octanol–water partition coefficient (Wildman–Crippen LogP) is 2.35. The van der Waals surface area contributed by atoms with E-state index < -0.39 is 0 Å². The van der Waals surface area contributed by atoms with E-state index >= 15 is 0 Å². The lowest BCUT2D eigenvalue weighted by molar-refractivity contribution is -0.137. The van der Waals surface area contributed by atoms with Crippen LogP contribution in [-0.2, 0) is 4.79 Å². The van der Waals surface area contributed by atoms with Gasteiger partial charge >= 0.3 is 0 Å². The van der Waals surface area contributed by atoms with Crippen LogP contribution in [0, 0.1) is 12.8 Å². The zero-order chi connectivity index (χ0) is 17.2. The van der Waals surface area contributed by atoms with Gasteiger partial charge in [-0.15, -0.1) is 0 Å². The summed E-state index contributed by atoms with van der Waals surface area (Å²) in [6.45, 7) is 4.24. The van der Waals surface area contributed by atoms with E-state index in [0.29, 0.717) is 11.7 Å². The number of aryl methyl sites for hydroxylation is 1. The van der Waals surface area contributed by atoms with E-state index in [9.17, 15) is 4.79 Å². The van der Waals surface area contributed by atoms with Crippen LogP contribution in [0.25, 0.3) is 0 Å². The van der Waals surface area contributed by atoms with E-state index in [2.05, 4.69) is 20.0 Å². The lowest BCUT2D eigenvalue weighted by atomic mass is 9.96. The first-order chi connectivity index (χ1) is 12.2. The third-order valence-corrected chi connectivity index (χ3v) is 5.12. The third-order valence-electron chi connectivity index (χ3n) is 5.12. The lowest BCUT2D eigenvalue weighted by Gasteiger charge is -2.35.